The average molecular weight is 368 g/mol. The van der Waals surface area contributed by atoms with Crippen LogP contribution in [0.2, 0.25) is 0 Å². The zero-order chi connectivity index (χ0) is 18.7. The summed E-state index contributed by atoms with van der Waals surface area (Å²) in [4.78, 5) is 11.4. The Labute approximate surface area is 153 Å². The van der Waals surface area contributed by atoms with Crippen LogP contribution in [-0.4, -0.2) is 12.4 Å². The molecule has 0 N–H and O–H groups in total. The SMILES string of the molecule is Cc1ccc(C)n1S(=O)(=O)c1ccc(CC(N=O)c2ccccc2)cc1. The number of nitroso groups, excluding NO2 is 1. The first-order valence-corrected chi connectivity index (χ1v) is 9.74. The highest BCUT2D eigenvalue weighted by Crippen LogP contribution is 2.24. The molecule has 26 heavy (non-hydrogen) atoms. The highest BCUT2D eigenvalue weighted by Gasteiger charge is 2.20. The summed E-state index contributed by atoms with van der Waals surface area (Å²) in [6.07, 6.45) is 0.426. The molecule has 0 fully saturated rings. The molecule has 0 aliphatic heterocycles. The molecule has 0 radical (unpaired) electrons. The van der Waals surface area contributed by atoms with Crippen LogP contribution >= 0.6 is 0 Å². The minimum atomic E-state index is -3.63. The van der Waals surface area contributed by atoms with Crippen LogP contribution in [0.15, 0.2) is 76.8 Å². The lowest BCUT2D eigenvalue weighted by Gasteiger charge is -2.12. The van der Waals surface area contributed by atoms with Gasteiger partial charge in [-0.3, -0.25) is 0 Å². The molecular weight excluding hydrogens is 348 g/mol. The highest BCUT2D eigenvalue weighted by molar-refractivity contribution is 7.90. The topological polar surface area (TPSA) is 68.5 Å². The average Bonchev–Trinajstić information content (AvgIpc) is 3.00. The van der Waals surface area contributed by atoms with E-state index in [1.165, 1.54) is 3.97 Å². The van der Waals surface area contributed by atoms with E-state index in [0.29, 0.717) is 17.8 Å². The Bertz CT molecular complexity index is 987. The molecule has 3 rings (SSSR count). The van der Waals surface area contributed by atoms with E-state index in [9.17, 15) is 13.3 Å². The van der Waals surface area contributed by atoms with Crippen LogP contribution in [0.4, 0.5) is 0 Å². The predicted molar refractivity (Wildman–Crippen MR) is 102 cm³/mol. The van der Waals surface area contributed by atoms with Gasteiger partial charge in [-0.2, -0.15) is 4.91 Å². The highest BCUT2D eigenvalue weighted by atomic mass is 32.2. The monoisotopic (exact) mass is 368 g/mol. The van der Waals surface area contributed by atoms with Gasteiger partial charge < -0.3 is 0 Å². The molecule has 6 heteroatoms. The van der Waals surface area contributed by atoms with Gasteiger partial charge >= 0.3 is 0 Å². The number of hydrogen-bond donors (Lipinski definition) is 0. The molecule has 3 aromatic rings. The van der Waals surface area contributed by atoms with Gasteiger partial charge in [0.05, 0.1) is 4.90 Å². The molecule has 0 saturated heterocycles. The van der Waals surface area contributed by atoms with E-state index >= 15 is 0 Å². The Morgan fingerprint density at radius 3 is 2.00 bits per heavy atom. The lowest BCUT2D eigenvalue weighted by molar-refractivity contribution is 0.585. The van der Waals surface area contributed by atoms with E-state index in [-0.39, 0.29) is 4.90 Å². The van der Waals surface area contributed by atoms with Crippen molar-refractivity contribution in [2.24, 2.45) is 5.18 Å². The molecule has 1 heterocycles. The number of rotatable bonds is 6. The van der Waals surface area contributed by atoms with Gasteiger partial charge in [-0.05, 0) is 49.2 Å². The van der Waals surface area contributed by atoms with Crippen LogP contribution in [0, 0.1) is 18.8 Å². The molecule has 5 nitrogen and oxygen atoms in total. The van der Waals surface area contributed by atoms with Crippen molar-refractivity contribution in [1.82, 2.24) is 3.97 Å². The largest absolute Gasteiger partial charge is 0.268 e. The van der Waals surface area contributed by atoms with Crippen LogP contribution in [-0.2, 0) is 16.4 Å². The van der Waals surface area contributed by atoms with Gasteiger partial charge in [-0.25, -0.2) is 12.4 Å². The normalized spacial score (nSPS) is 12.7. The Balaban J connectivity index is 1.86. The second-order valence-corrected chi connectivity index (χ2v) is 8.05. The van der Waals surface area contributed by atoms with Crippen molar-refractivity contribution in [2.75, 3.05) is 0 Å². The van der Waals surface area contributed by atoms with Crippen molar-refractivity contribution < 1.29 is 8.42 Å². The molecular formula is C20H20N2O3S. The first-order valence-electron chi connectivity index (χ1n) is 8.30. The minimum absolute atomic E-state index is 0.221. The molecule has 0 spiro atoms. The molecule has 1 aromatic heterocycles. The summed E-state index contributed by atoms with van der Waals surface area (Å²) in [6.45, 7) is 3.53. The van der Waals surface area contributed by atoms with Crippen molar-refractivity contribution in [1.29, 1.82) is 0 Å². The van der Waals surface area contributed by atoms with E-state index in [0.717, 1.165) is 11.1 Å². The molecule has 0 amide bonds. The molecule has 134 valence electrons. The van der Waals surface area contributed by atoms with E-state index in [4.69, 9.17) is 0 Å². The maximum atomic E-state index is 12.8. The fourth-order valence-corrected chi connectivity index (χ4v) is 4.62. The smallest absolute Gasteiger partial charge is 0.243 e. The van der Waals surface area contributed by atoms with Crippen LogP contribution < -0.4 is 0 Å². The Morgan fingerprint density at radius 1 is 0.885 bits per heavy atom. The molecule has 2 aromatic carbocycles. The van der Waals surface area contributed by atoms with Crippen molar-refractivity contribution in [2.45, 2.75) is 31.2 Å². The third kappa shape index (κ3) is 3.46. The summed E-state index contributed by atoms with van der Waals surface area (Å²) in [5, 5.41) is 3.22. The fourth-order valence-electron chi connectivity index (χ4n) is 3.05. The second kappa shape index (κ2) is 7.25. The summed E-state index contributed by atoms with van der Waals surface area (Å²) in [5.41, 5.74) is 3.04. The summed E-state index contributed by atoms with van der Waals surface area (Å²) in [6, 6.07) is 19.0. The van der Waals surface area contributed by atoms with Gasteiger partial charge in [-0.1, -0.05) is 47.6 Å². The van der Waals surface area contributed by atoms with Crippen molar-refractivity contribution >= 4 is 10.0 Å². The fraction of sp³-hybridized carbons (Fsp3) is 0.200. The van der Waals surface area contributed by atoms with E-state index in [2.05, 4.69) is 5.18 Å². The van der Waals surface area contributed by atoms with E-state index < -0.39 is 16.1 Å². The maximum absolute atomic E-state index is 12.8. The molecule has 0 bridgehead atoms. The van der Waals surface area contributed by atoms with Gasteiger partial charge in [0.2, 0.25) is 0 Å². The molecule has 0 aliphatic carbocycles. The van der Waals surface area contributed by atoms with Crippen LogP contribution in [0.25, 0.3) is 0 Å². The number of aromatic nitrogens is 1. The lowest BCUT2D eigenvalue weighted by Crippen LogP contribution is -2.15. The maximum Gasteiger partial charge on any atom is 0.268 e. The van der Waals surface area contributed by atoms with Crippen LogP contribution in [0.3, 0.4) is 0 Å². The minimum Gasteiger partial charge on any atom is -0.243 e. The van der Waals surface area contributed by atoms with E-state index in [1.807, 2.05) is 30.3 Å². The summed E-state index contributed by atoms with van der Waals surface area (Å²) in [5.74, 6) is 0. The first kappa shape index (κ1) is 18.1. The Hall–Kier alpha value is -2.73. The molecule has 0 saturated carbocycles. The standard InChI is InChI=1S/C20H20N2O3S/c1-15-8-9-16(2)22(15)26(24,25)19-12-10-17(11-13-19)14-20(21-23)18-6-4-3-5-7-18/h3-13,20H,14H2,1-2H3. The number of benzene rings is 2. The third-order valence-electron chi connectivity index (χ3n) is 4.41. The molecule has 1 unspecified atom stereocenters. The number of nitrogens with zero attached hydrogens (tertiary/aromatic N) is 2. The van der Waals surface area contributed by atoms with Gasteiger partial charge in [-0.15, -0.1) is 0 Å². The van der Waals surface area contributed by atoms with Gasteiger partial charge in [0, 0.05) is 17.8 Å². The van der Waals surface area contributed by atoms with Crippen molar-refractivity contribution in [3.8, 4) is 0 Å². The summed E-state index contributed by atoms with van der Waals surface area (Å²) >= 11 is 0. The van der Waals surface area contributed by atoms with Gasteiger partial charge in [0.15, 0.2) is 0 Å². The Kier molecular flexibility index (Phi) is 5.04. The zero-order valence-corrected chi connectivity index (χ0v) is 15.5. The quantitative estimate of drug-likeness (QED) is 0.606. The van der Waals surface area contributed by atoms with Crippen molar-refractivity contribution in [3.63, 3.8) is 0 Å². The van der Waals surface area contributed by atoms with Crippen LogP contribution in [0.5, 0.6) is 0 Å². The van der Waals surface area contributed by atoms with E-state index in [1.54, 1.807) is 50.2 Å². The predicted octanol–water partition coefficient (Wildman–Crippen LogP) is 4.39. The third-order valence-corrected chi connectivity index (χ3v) is 6.33. The summed E-state index contributed by atoms with van der Waals surface area (Å²) < 4.78 is 27.0. The number of aryl methyl sites for hydroxylation is 2. The van der Waals surface area contributed by atoms with Crippen LogP contribution in [0.1, 0.15) is 28.6 Å². The lowest BCUT2D eigenvalue weighted by atomic mass is 10.00. The second-order valence-electron chi connectivity index (χ2n) is 6.27. The van der Waals surface area contributed by atoms with Crippen molar-refractivity contribution in [3.05, 3.63) is 94.2 Å². The zero-order valence-electron chi connectivity index (χ0n) is 14.7. The Morgan fingerprint density at radius 2 is 1.46 bits per heavy atom. The first-order chi connectivity index (χ1) is 12.4. The van der Waals surface area contributed by atoms with Gasteiger partial charge in [0.1, 0.15) is 6.04 Å². The summed E-state index contributed by atoms with van der Waals surface area (Å²) in [7, 11) is -3.63. The molecule has 1 atom stereocenters. The molecule has 0 aliphatic rings. The van der Waals surface area contributed by atoms with Gasteiger partial charge in [0.25, 0.3) is 10.0 Å². The number of hydrogen-bond acceptors (Lipinski definition) is 4.